The number of halogens is 1. The summed E-state index contributed by atoms with van der Waals surface area (Å²) < 4.78 is 2.31. The average molecular weight is 485 g/mol. The van der Waals surface area contributed by atoms with E-state index in [0.29, 0.717) is 23.6 Å². The molecule has 0 amide bonds. The summed E-state index contributed by atoms with van der Waals surface area (Å²) in [6, 6.07) is 10.3. The molecule has 2 aliphatic heterocycles. The molecule has 0 radical (unpaired) electrons. The molecule has 2 aromatic heterocycles. The quantitative estimate of drug-likeness (QED) is 0.651. The van der Waals surface area contributed by atoms with Crippen LogP contribution in [-0.4, -0.2) is 49.8 Å². The van der Waals surface area contributed by atoms with Crippen LogP contribution in [0.4, 0.5) is 5.82 Å². The maximum Gasteiger partial charge on any atom is 0.151 e. The zero-order valence-corrected chi connectivity index (χ0v) is 20.2. The lowest BCUT2D eigenvalue weighted by atomic mass is 9.57. The Balaban J connectivity index is 1.14. The van der Waals surface area contributed by atoms with Gasteiger partial charge in [-0.15, -0.1) is 10.2 Å². The predicted octanol–water partition coefficient (Wildman–Crippen LogP) is 3.93. The molecule has 9 heteroatoms. The van der Waals surface area contributed by atoms with E-state index in [4.69, 9.17) is 22.0 Å². The Bertz CT molecular complexity index is 1370. The van der Waals surface area contributed by atoms with E-state index < -0.39 is 0 Å². The minimum atomic E-state index is -0.371. The number of nitriles is 2. The second-order valence-electron chi connectivity index (χ2n) is 10.8. The Kier molecular flexibility index (Phi) is 4.46. The summed E-state index contributed by atoms with van der Waals surface area (Å²) in [5.41, 5.74) is 2.85. The van der Waals surface area contributed by atoms with Crippen LogP contribution in [-0.2, 0) is 6.54 Å². The minimum absolute atomic E-state index is 0.296. The van der Waals surface area contributed by atoms with E-state index in [2.05, 4.69) is 42.7 Å². The third-order valence-electron chi connectivity index (χ3n) is 8.51. The molecule has 7 rings (SSSR count). The fourth-order valence-corrected chi connectivity index (χ4v) is 6.72. The van der Waals surface area contributed by atoms with Crippen molar-refractivity contribution in [1.82, 2.24) is 24.6 Å². The van der Waals surface area contributed by atoms with Gasteiger partial charge >= 0.3 is 0 Å². The Hall–Kier alpha value is -3.20. The van der Waals surface area contributed by atoms with E-state index in [1.165, 1.54) is 11.3 Å². The molecule has 35 heavy (non-hydrogen) atoms. The summed E-state index contributed by atoms with van der Waals surface area (Å²) in [6.07, 6.45) is 7.82. The molecule has 0 bridgehead atoms. The highest BCUT2D eigenvalue weighted by Gasteiger charge is 2.55. The molecule has 0 atom stereocenters. The first-order chi connectivity index (χ1) is 17.0. The van der Waals surface area contributed by atoms with Crippen LogP contribution in [0, 0.1) is 28.1 Å². The molecule has 2 aromatic rings. The smallest absolute Gasteiger partial charge is 0.151 e. The average Bonchev–Trinajstić information content (AvgIpc) is 3.55. The van der Waals surface area contributed by atoms with E-state index in [1.807, 2.05) is 12.1 Å². The van der Waals surface area contributed by atoms with E-state index in [0.717, 1.165) is 80.7 Å². The molecule has 5 aliphatic rings. The summed E-state index contributed by atoms with van der Waals surface area (Å²) in [5.74, 6) is 3.29. The molecule has 4 heterocycles. The molecule has 2 saturated carbocycles. The number of fused-ring (bicyclic) bond motifs is 2. The van der Waals surface area contributed by atoms with Gasteiger partial charge in [-0.1, -0.05) is 17.7 Å². The van der Waals surface area contributed by atoms with Crippen LogP contribution < -0.4 is 4.90 Å². The summed E-state index contributed by atoms with van der Waals surface area (Å²) >= 11 is 6.47. The second kappa shape index (κ2) is 7.40. The number of hydrogen-bond acceptors (Lipinski definition) is 7. The van der Waals surface area contributed by atoms with Gasteiger partial charge in [0.1, 0.15) is 28.9 Å². The molecule has 3 aliphatic carbocycles. The molecule has 176 valence electrons. The number of aromatic nitrogens is 4. The van der Waals surface area contributed by atoms with Crippen molar-refractivity contribution in [3.8, 4) is 12.1 Å². The van der Waals surface area contributed by atoms with Crippen LogP contribution >= 0.6 is 11.6 Å². The first-order valence-electron chi connectivity index (χ1n) is 12.3. The number of hydrogen-bond donors (Lipinski definition) is 0. The zero-order valence-electron chi connectivity index (χ0n) is 19.4. The molecule has 0 N–H and O–H groups in total. The van der Waals surface area contributed by atoms with Gasteiger partial charge in [-0.05, 0) is 62.3 Å². The van der Waals surface area contributed by atoms with Gasteiger partial charge in [0.25, 0.3) is 0 Å². The summed E-state index contributed by atoms with van der Waals surface area (Å²) in [6.45, 7) is 3.32. The fraction of sp³-hybridized carbons (Fsp3) is 0.500. The third-order valence-corrected chi connectivity index (χ3v) is 8.81. The van der Waals surface area contributed by atoms with Crippen molar-refractivity contribution >= 4 is 23.1 Å². The summed E-state index contributed by atoms with van der Waals surface area (Å²) in [5, 5.41) is 29.2. The highest BCUT2D eigenvalue weighted by atomic mass is 35.5. The van der Waals surface area contributed by atoms with E-state index >= 15 is 0 Å². The summed E-state index contributed by atoms with van der Waals surface area (Å²) in [7, 11) is 0. The maximum atomic E-state index is 9.85. The highest BCUT2D eigenvalue weighted by Crippen LogP contribution is 2.57. The number of anilines is 1. The fourth-order valence-electron chi connectivity index (χ4n) is 6.49. The van der Waals surface area contributed by atoms with Crippen LogP contribution in [0.15, 0.2) is 34.9 Å². The van der Waals surface area contributed by atoms with Crippen molar-refractivity contribution < 1.29 is 0 Å². The number of pyridine rings is 1. The van der Waals surface area contributed by atoms with Crippen LogP contribution in [0.5, 0.6) is 0 Å². The van der Waals surface area contributed by atoms with Crippen LogP contribution in [0.1, 0.15) is 61.8 Å². The second-order valence-corrected chi connectivity index (χ2v) is 11.3. The first kappa shape index (κ1) is 21.1. The summed E-state index contributed by atoms with van der Waals surface area (Å²) in [4.78, 5) is 9.00. The van der Waals surface area contributed by atoms with Gasteiger partial charge in [0, 0.05) is 41.7 Å². The van der Waals surface area contributed by atoms with Crippen molar-refractivity contribution in [3.05, 3.63) is 52.2 Å². The van der Waals surface area contributed by atoms with Crippen molar-refractivity contribution in [2.75, 3.05) is 24.5 Å². The molecule has 3 fully saturated rings. The van der Waals surface area contributed by atoms with Crippen molar-refractivity contribution in [3.63, 3.8) is 0 Å². The molecule has 0 aromatic carbocycles. The number of rotatable bonds is 3. The molecular formula is C26H25ClN8. The van der Waals surface area contributed by atoms with Crippen molar-refractivity contribution in [2.45, 2.75) is 56.5 Å². The topological polar surface area (TPSA) is 97.7 Å². The maximum absolute atomic E-state index is 9.85. The Morgan fingerprint density at radius 2 is 1.89 bits per heavy atom. The highest BCUT2D eigenvalue weighted by molar-refractivity contribution is 6.30. The van der Waals surface area contributed by atoms with E-state index in [1.54, 1.807) is 6.07 Å². The van der Waals surface area contributed by atoms with Crippen LogP contribution in [0.2, 0.25) is 0 Å². The number of allylic oxidation sites excluding steroid dienone is 2. The van der Waals surface area contributed by atoms with Gasteiger partial charge in [0.15, 0.2) is 5.82 Å². The van der Waals surface area contributed by atoms with Gasteiger partial charge < -0.3 is 4.90 Å². The minimum Gasteiger partial charge on any atom is -0.355 e. The predicted molar refractivity (Wildman–Crippen MR) is 130 cm³/mol. The Morgan fingerprint density at radius 1 is 1.06 bits per heavy atom. The number of nitrogens with zero attached hydrogens (tertiary/aromatic N) is 8. The molecule has 0 unspecified atom stereocenters. The van der Waals surface area contributed by atoms with Gasteiger partial charge in [0.05, 0.1) is 12.6 Å². The van der Waals surface area contributed by atoms with Gasteiger partial charge in [-0.3, -0.25) is 9.47 Å². The SMILES string of the molecule is N#Cc1cccc(N2CC3(CC(c4nnc5n4C4=C(C=C(Cl)CC4)CN(C4(C#N)CC4)C5)C3)C2)n1. The zero-order chi connectivity index (χ0) is 23.8. The largest absolute Gasteiger partial charge is 0.355 e. The Morgan fingerprint density at radius 3 is 2.63 bits per heavy atom. The van der Waals surface area contributed by atoms with E-state index in [-0.39, 0.29) is 5.54 Å². The third kappa shape index (κ3) is 3.24. The Labute approximate surface area is 209 Å². The van der Waals surface area contributed by atoms with Crippen LogP contribution in [0.3, 0.4) is 0 Å². The lowest BCUT2D eigenvalue weighted by molar-refractivity contribution is 0.0582. The monoisotopic (exact) mass is 484 g/mol. The molecule has 1 saturated heterocycles. The molecular weight excluding hydrogens is 460 g/mol. The first-order valence-corrected chi connectivity index (χ1v) is 12.7. The molecule has 1 spiro atoms. The van der Waals surface area contributed by atoms with Crippen LogP contribution in [0.25, 0.3) is 5.70 Å². The van der Waals surface area contributed by atoms with Crippen molar-refractivity contribution in [1.29, 1.82) is 10.5 Å². The standard InChI is InChI=1S/C26H25ClN8/c27-19-4-5-21-17(8-19)12-34(26(14-29)6-7-26)13-23-31-32-24(35(21)23)18-9-25(10-18)15-33(16-25)22-3-1-2-20(11-28)30-22/h1-3,8,18H,4-7,9-10,12-13,15-16H2. The molecule has 8 nitrogen and oxygen atoms in total. The van der Waals surface area contributed by atoms with Gasteiger partial charge in [-0.2, -0.15) is 10.5 Å². The normalized spacial score (nSPS) is 24.3. The van der Waals surface area contributed by atoms with E-state index in [9.17, 15) is 5.26 Å². The van der Waals surface area contributed by atoms with Crippen molar-refractivity contribution in [2.24, 2.45) is 5.41 Å². The van der Waals surface area contributed by atoms with Gasteiger partial charge in [0.2, 0.25) is 0 Å². The lowest BCUT2D eigenvalue weighted by Crippen LogP contribution is -2.62. The lowest BCUT2D eigenvalue weighted by Gasteiger charge is -2.59. The van der Waals surface area contributed by atoms with Gasteiger partial charge in [-0.25, -0.2) is 4.98 Å².